The van der Waals surface area contributed by atoms with Gasteiger partial charge < -0.3 is 14.8 Å². The number of halogens is 1. The monoisotopic (exact) mass is 611 g/mol. The lowest BCUT2D eigenvalue weighted by Crippen LogP contribution is -2.54. The van der Waals surface area contributed by atoms with Crippen LogP contribution in [0.25, 0.3) is 6.08 Å². The van der Waals surface area contributed by atoms with Gasteiger partial charge in [0, 0.05) is 5.69 Å². The van der Waals surface area contributed by atoms with Crippen LogP contribution < -0.4 is 25.0 Å². The van der Waals surface area contributed by atoms with Gasteiger partial charge in [0.15, 0.2) is 18.1 Å². The van der Waals surface area contributed by atoms with E-state index >= 15 is 0 Å². The predicted molar refractivity (Wildman–Crippen MR) is 146 cm³/mol. The van der Waals surface area contributed by atoms with Crippen LogP contribution in [0.15, 0.2) is 72.3 Å². The Morgan fingerprint density at radius 2 is 1.76 bits per heavy atom. The maximum atomic E-state index is 13.1. The van der Waals surface area contributed by atoms with E-state index in [-0.39, 0.29) is 18.1 Å². The van der Waals surface area contributed by atoms with Gasteiger partial charge in [-0.05, 0) is 77.6 Å². The minimum absolute atomic E-state index is 0.215. The van der Waals surface area contributed by atoms with Crippen molar-refractivity contribution in [2.24, 2.45) is 0 Å². The van der Waals surface area contributed by atoms with Crippen molar-refractivity contribution in [3.05, 3.63) is 87.0 Å². The van der Waals surface area contributed by atoms with Crippen LogP contribution >= 0.6 is 22.6 Å². The predicted octanol–water partition coefficient (Wildman–Crippen LogP) is 4.29. The van der Waals surface area contributed by atoms with E-state index in [9.17, 15) is 19.2 Å². The third-order valence-electron chi connectivity index (χ3n) is 5.36. The minimum Gasteiger partial charge on any atom is -0.493 e. The molecule has 2 N–H and O–H groups in total. The SMILES string of the molecule is COc1cc(/C=C2\C(=O)NC(=O)N(c3ccccc3)C2=O)cc(I)c1OCC(=O)Nc1ccc(C)cc1. The normalized spacial score (nSPS) is 14.4. The minimum atomic E-state index is -0.821. The van der Waals surface area contributed by atoms with Gasteiger partial charge in [-0.15, -0.1) is 0 Å². The first-order valence-corrected chi connectivity index (χ1v) is 12.2. The number of hydrogen-bond donors (Lipinski definition) is 2. The lowest BCUT2D eigenvalue weighted by atomic mass is 10.1. The van der Waals surface area contributed by atoms with Crippen LogP contribution in [-0.4, -0.2) is 37.5 Å². The standard InChI is InChI=1S/C27H22IN3O6/c1-16-8-10-18(11-9-16)29-23(32)15-37-24-21(28)13-17(14-22(24)36-2)12-20-25(33)30-27(35)31(26(20)34)19-6-4-3-5-7-19/h3-14H,15H2,1-2H3,(H,29,32)(H,30,33,35)/b20-12+. The Morgan fingerprint density at radius 1 is 1.05 bits per heavy atom. The molecule has 0 unspecified atom stereocenters. The van der Waals surface area contributed by atoms with E-state index in [2.05, 4.69) is 10.6 Å². The lowest BCUT2D eigenvalue weighted by Gasteiger charge is -2.26. The summed E-state index contributed by atoms with van der Waals surface area (Å²) in [7, 11) is 1.44. The van der Waals surface area contributed by atoms with Crippen LogP contribution in [0, 0.1) is 10.5 Å². The first-order valence-electron chi connectivity index (χ1n) is 11.1. The molecular formula is C27H22IN3O6. The number of ether oxygens (including phenoxy) is 2. The largest absolute Gasteiger partial charge is 0.493 e. The van der Waals surface area contributed by atoms with Crippen molar-refractivity contribution in [1.29, 1.82) is 0 Å². The molecular weight excluding hydrogens is 589 g/mol. The average molecular weight is 611 g/mol. The molecule has 4 rings (SSSR count). The molecule has 1 saturated heterocycles. The molecule has 0 radical (unpaired) electrons. The van der Waals surface area contributed by atoms with Crippen LogP contribution in [-0.2, 0) is 14.4 Å². The number of hydrogen-bond acceptors (Lipinski definition) is 6. The molecule has 9 nitrogen and oxygen atoms in total. The number of urea groups is 1. The summed E-state index contributed by atoms with van der Waals surface area (Å²) in [4.78, 5) is 51.2. The van der Waals surface area contributed by atoms with Crippen molar-refractivity contribution in [1.82, 2.24) is 5.32 Å². The molecule has 1 aliphatic heterocycles. The van der Waals surface area contributed by atoms with E-state index in [4.69, 9.17) is 9.47 Å². The van der Waals surface area contributed by atoms with E-state index < -0.39 is 17.8 Å². The first-order chi connectivity index (χ1) is 17.8. The Kier molecular flexibility index (Phi) is 7.87. The summed E-state index contributed by atoms with van der Waals surface area (Å²) in [5, 5.41) is 4.96. The fraction of sp³-hybridized carbons (Fsp3) is 0.111. The summed E-state index contributed by atoms with van der Waals surface area (Å²) in [6.07, 6.45) is 1.37. The zero-order chi connectivity index (χ0) is 26.5. The van der Waals surface area contributed by atoms with E-state index in [1.807, 2.05) is 41.6 Å². The van der Waals surface area contributed by atoms with Gasteiger partial charge in [-0.1, -0.05) is 35.9 Å². The number of nitrogens with zero attached hydrogens (tertiary/aromatic N) is 1. The molecule has 1 aliphatic rings. The number of carbonyl (C=O) groups is 4. The third-order valence-corrected chi connectivity index (χ3v) is 6.16. The summed E-state index contributed by atoms with van der Waals surface area (Å²) in [6.45, 7) is 1.70. The zero-order valence-electron chi connectivity index (χ0n) is 19.9. The van der Waals surface area contributed by atoms with E-state index in [0.29, 0.717) is 32.0 Å². The molecule has 0 saturated carbocycles. The van der Waals surface area contributed by atoms with Gasteiger partial charge in [0.1, 0.15) is 5.57 Å². The summed E-state index contributed by atoms with van der Waals surface area (Å²) in [5.41, 5.74) is 2.32. The van der Waals surface area contributed by atoms with Gasteiger partial charge in [-0.2, -0.15) is 0 Å². The molecule has 188 valence electrons. The van der Waals surface area contributed by atoms with Crippen LogP contribution in [0.2, 0.25) is 0 Å². The van der Waals surface area contributed by atoms with E-state index in [1.54, 1.807) is 54.6 Å². The molecule has 0 aliphatic carbocycles. The van der Waals surface area contributed by atoms with E-state index in [1.165, 1.54) is 13.2 Å². The third kappa shape index (κ3) is 5.97. The number of anilines is 2. The fourth-order valence-corrected chi connectivity index (χ4v) is 4.35. The number of para-hydroxylation sites is 1. The smallest absolute Gasteiger partial charge is 0.335 e. The van der Waals surface area contributed by atoms with E-state index in [0.717, 1.165) is 10.5 Å². The number of barbiturate groups is 1. The molecule has 3 aromatic rings. The second kappa shape index (κ2) is 11.2. The zero-order valence-corrected chi connectivity index (χ0v) is 22.1. The summed E-state index contributed by atoms with van der Waals surface area (Å²) in [6, 6.07) is 18.1. The lowest BCUT2D eigenvalue weighted by molar-refractivity contribution is -0.122. The molecule has 37 heavy (non-hydrogen) atoms. The molecule has 10 heteroatoms. The highest BCUT2D eigenvalue weighted by atomic mass is 127. The van der Waals surface area contributed by atoms with Crippen molar-refractivity contribution in [2.75, 3.05) is 23.9 Å². The maximum absolute atomic E-state index is 13.1. The topological polar surface area (TPSA) is 114 Å². The summed E-state index contributed by atoms with van der Waals surface area (Å²) < 4.78 is 11.8. The highest BCUT2D eigenvalue weighted by Crippen LogP contribution is 2.35. The fourth-order valence-electron chi connectivity index (χ4n) is 3.57. The van der Waals surface area contributed by atoms with Crippen molar-refractivity contribution in [3.63, 3.8) is 0 Å². The second-order valence-corrected chi connectivity index (χ2v) is 9.19. The number of carbonyl (C=O) groups excluding carboxylic acids is 4. The number of benzene rings is 3. The van der Waals surface area contributed by atoms with Crippen molar-refractivity contribution in [3.8, 4) is 11.5 Å². The number of aryl methyl sites for hydroxylation is 1. The Balaban J connectivity index is 1.54. The highest BCUT2D eigenvalue weighted by molar-refractivity contribution is 14.1. The van der Waals surface area contributed by atoms with Gasteiger partial charge in [0.2, 0.25) is 0 Å². The molecule has 0 bridgehead atoms. The first kappa shape index (κ1) is 25.9. The van der Waals surface area contributed by atoms with Crippen LogP contribution in [0.1, 0.15) is 11.1 Å². The Hall–Kier alpha value is -4.19. The van der Waals surface area contributed by atoms with Gasteiger partial charge in [0.25, 0.3) is 17.7 Å². The Morgan fingerprint density at radius 3 is 2.43 bits per heavy atom. The molecule has 3 aromatic carbocycles. The highest BCUT2D eigenvalue weighted by Gasteiger charge is 2.36. The summed E-state index contributed by atoms with van der Waals surface area (Å²) in [5.74, 6) is -1.25. The van der Waals surface area contributed by atoms with Crippen LogP contribution in [0.3, 0.4) is 0 Å². The molecule has 0 aromatic heterocycles. The summed E-state index contributed by atoms with van der Waals surface area (Å²) >= 11 is 2.01. The quantitative estimate of drug-likeness (QED) is 0.234. The number of imide groups is 2. The molecule has 0 atom stereocenters. The van der Waals surface area contributed by atoms with Crippen LogP contribution in [0.5, 0.6) is 11.5 Å². The number of rotatable bonds is 7. The van der Waals surface area contributed by atoms with Gasteiger partial charge >= 0.3 is 6.03 Å². The second-order valence-electron chi connectivity index (χ2n) is 8.03. The van der Waals surface area contributed by atoms with Crippen molar-refractivity contribution < 1.29 is 28.7 Å². The van der Waals surface area contributed by atoms with Crippen molar-refractivity contribution >= 4 is 63.8 Å². The molecule has 1 heterocycles. The molecule has 0 spiro atoms. The van der Waals surface area contributed by atoms with Crippen molar-refractivity contribution in [2.45, 2.75) is 6.92 Å². The van der Waals surface area contributed by atoms with Crippen LogP contribution in [0.4, 0.5) is 16.2 Å². The average Bonchev–Trinajstić information content (AvgIpc) is 2.87. The van der Waals surface area contributed by atoms with Gasteiger partial charge in [0.05, 0.1) is 16.4 Å². The number of methoxy groups -OCH3 is 1. The number of amides is 5. The Labute approximate surface area is 226 Å². The maximum Gasteiger partial charge on any atom is 0.335 e. The molecule has 1 fully saturated rings. The number of nitrogens with one attached hydrogen (secondary N) is 2. The van der Waals surface area contributed by atoms with Gasteiger partial charge in [-0.3, -0.25) is 19.7 Å². The van der Waals surface area contributed by atoms with Gasteiger partial charge in [-0.25, -0.2) is 9.69 Å². The Bertz CT molecular complexity index is 1400. The molecule has 5 amide bonds.